The molecule has 1 aromatic rings. The summed E-state index contributed by atoms with van der Waals surface area (Å²) in [7, 11) is 0. The third-order valence-electron chi connectivity index (χ3n) is 4.47. The zero-order valence-electron chi connectivity index (χ0n) is 22.6. The molecule has 0 spiro atoms. The van der Waals surface area contributed by atoms with E-state index >= 15 is 0 Å². The number of rotatable bonds is 19. The maximum Gasteiger partial charge on any atom is 0.414 e. The zero-order valence-corrected chi connectivity index (χ0v) is 22.6. The Morgan fingerprint density at radius 3 is 2.11 bits per heavy atom. The van der Waals surface area contributed by atoms with Crippen molar-refractivity contribution in [2.45, 2.75) is 39.8 Å². The fourth-order valence-corrected chi connectivity index (χ4v) is 2.86. The number of esters is 1. The molecular formula is C24H39N5O9. The molecule has 14 nitrogen and oxygen atoms in total. The largest absolute Gasteiger partial charge is 0.465 e. The van der Waals surface area contributed by atoms with Crippen LogP contribution in [0.2, 0.25) is 0 Å². The highest BCUT2D eigenvalue weighted by atomic mass is 16.6. The molecule has 0 N–H and O–H groups in total. The van der Waals surface area contributed by atoms with Gasteiger partial charge < -0.3 is 33.0 Å². The van der Waals surface area contributed by atoms with Gasteiger partial charge in [0, 0.05) is 23.7 Å². The van der Waals surface area contributed by atoms with Crippen molar-refractivity contribution < 1.29 is 38.0 Å². The van der Waals surface area contributed by atoms with Crippen LogP contribution < -0.4 is 10.5 Å². The summed E-state index contributed by atoms with van der Waals surface area (Å²) < 4.78 is 33.2. The van der Waals surface area contributed by atoms with E-state index < -0.39 is 23.2 Å². The molecule has 0 radical (unpaired) electrons. The Kier molecular flexibility index (Phi) is 16.4. The molecule has 0 aliphatic heterocycles. The second-order valence-corrected chi connectivity index (χ2v) is 8.69. The number of carbonyl (C=O) groups excluding carboxylic acids is 2. The summed E-state index contributed by atoms with van der Waals surface area (Å²) >= 11 is 0. The molecule has 1 rings (SSSR count). The lowest BCUT2D eigenvalue weighted by atomic mass is 10.2. The van der Waals surface area contributed by atoms with Crippen molar-refractivity contribution in [3.05, 3.63) is 39.1 Å². The summed E-state index contributed by atoms with van der Waals surface area (Å²) in [6, 6.07) is 2.76. The molecular weight excluding hydrogens is 502 g/mol. The molecule has 214 valence electrons. The smallest absolute Gasteiger partial charge is 0.414 e. The minimum atomic E-state index is -0.733. The van der Waals surface area contributed by atoms with E-state index in [-0.39, 0.29) is 32.8 Å². The topological polar surface area (TPSA) is 164 Å². The number of anilines is 1. The van der Waals surface area contributed by atoms with E-state index in [1.54, 1.807) is 27.7 Å². The van der Waals surface area contributed by atoms with Crippen molar-refractivity contribution in [1.82, 2.24) is 4.57 Å². The SMILES string of the molecule is CCOC(=O)Cn1cc(N(CCOCCOCCOCCOCCN=[N+]=[N-])C(=O)OC(C)(C)C)ccc1=O. The van der Waals surface area contributed by atoms with Crippen molar-refractivity contribution in [3.8, 4) is 0 Å². The first-order chi connectivity index (χ1) is 18.2. The highest BCUT2D eigenvalue weighted by Crippen LogP contribution is 2.17. The molecule has 0 fully saturated rings. The summed E-state index contributed by atoms with van der Waals surface area (Å²) in [5.41, 5.74) is 7.40. The van der Waals surface area contributed by atoms with Crippen molar-refractivity contribution in [1.29, 1.82) is 0 Å². The van der Waals surface area contributed by atoms with E-state index in [4.69, 9.17) is 34.0 Å². The van der Waals surface area contributed by atoms with Crippen molar-refractivity contribution in [2.24, 2.45) is 5.11 Å². The Bertz CT molecular complexity index is 942. The van der Waals surface area contributed by atoms with Crippen molar-refractivity contribution >= 4 is 17.7 Å². The molecule has 0 saturated heterocycles. The second kappa shape index (κ2) is 19.0. The number of hydrogen-bond acceptors (Lipinski definition) is 10. The van der Waals surface area contributed by atoms with E-state index in [0.717, 1.165) is 0 Å². The summed E-state index contributed by atoms with van der Waals surface area (Å²) in [6.45, 7) is 10.0. The number of carbonyl (C=O) groups is 2. The lowest BCUT2D eigenvalue weighted by Gasteiger charge is -2.27. The van der Waals surface area contributed by atoms with Gasteiger partial charge in [-0.1, -0.05) is 5.11 Å². The van der Waals surface area contributed by atoms with Crippen LogP contribution in [0.4, 0.5) is 10.5 Å². The third-order valence-corrected chi connectivity index (χ3v) is 4.47. The van der Waals surface area contributed by atoms with Crippen molar-refractivity contribution in [2.75, 3.05) is 77.5 Å². The minimum absolute atomic E-state index is 0.148. The van der Waals surface area contributed by atoms with Crippen LogP contribution in [0.15, 0.2) is 28.2 Å². The number of hydrogen-bond donors (Lipinski definition) is 0. The monoisotopic (exact) mass is 541 g/mol. The Morgan fingerprint density at radius 2 is 1.55 bits per heavy atom. The highest BCUT2D eigenvalue weighted by Gasteiger charge is 2.24. The van der Waals surface area contributed by atoms with Crippen molar-refractivity contribution in [3.63, 3.8) is 0 Å². The fraction of sp³-hybridized carbons (Fsp3) is 0.708. The van der Waals surface area contributed by atoms with Gasteiger partial charge in [-0.15, -0.1) is 0 Å². The van der Waals surface area contributed by atoms with Gasteiger partial charge in [0.2, 0.25) is 0 Å². The van der Waals surface area contributed by atoms with Gasteiger partial charge >= 0.3 is 12.1 Å². The Morgan fingerprint density at radius 1 is 0.974 bits per heavy atom. The van der Waals surface area contributed by atoms with Gasteiger partial charge in [-0.25, -0.2) is 4.79 Å². The molecule has 0 aromatic carbocycles. The van der Waals surface area contributed by atoms with Gasteiger partial charge in [0.25, 0.3) is 5.56 Å². The van der Waals surface area contributed by atoms with Crippen LogP contribution in [0.1, 0.15) is 27.7 Å². The molecule has 14 heteroatoms. The molecule has 1 aromatic heterocycles. The van der Waals surface area contributed by atoms with Crippen LogP contribution in [0.3, 0.4) is 0 Å². The Balaban J connectivity index is 2.48. The molecule has 0 atom stereocenters. The zero-order chi connectivity index (χ0) is 28.2. The van der Waals surface area contributed by atoms with Crippen LogP contribution in [0.5, 0.6) is 0 Å². The highest BCUT2D eigenvalue weighted by molar-refractivity contribution is 5.87. The Labute approximate surface area is 222 Å². The number of azide groups is 1. The summed E-state index contributed by atoms with van der Waals surface area (Å²) in [6.07, 6.45) is 0.801. The van der Waals surface area contributed by atoms with E-state index in [2.05, 4.69) is 10.0 Å². The first kappa shape index (κ1) is 32.9. The average Bonchev–Trinajstić information content (AvgIpc) is 2.84. The number of pyridine rings is 1. The van der Waals surface area contributed by atoms with Gasteiger partial charge in [-0.05, 0) is 39.3 Å². The second-order valence-electron chi connectivity index (χ2n) is 8.69. The normalized spacial score (nSPS) is 11.1. The fourth-order valence-electron chi connectivity index (χ4n) is 2.86. The molecule has 1 heterocycles. The molecule has 0 saturated carbocycles. The Hall–Kier alpha value is -3.16. The maximum atomic E-state index is 12.9. The predicted octanol–water partition coefficient (Wildman–Crippen LogP) is 2.53. The van der Waals surface area contributed by atoms with E-state index in [1.807, 2.05) is 0 Å². The summed E-state index contributed by atoms with van der Waals surface area (Å²) in [5, 5.41) is 3.36. The number of ether oxygens (including phenoxy) is 6. The molecule has 38 heavy (non-hydrogen) atoms. The minimum Gasteiger partial charge on any atom is -0.465 e. The van der Waals surface area contributed by atoms with Gasteiger partial charge in [-0.3, -0.25) is 14.5 Å². The van der Waals surface area contributed by atoms with Crippen LogP contribution in [-0.2, 0) is 39.8 Å². The van der Waals surface area contributed by atoms with Crippen LogP contribution >= 0.6 is 0 Å². The first-order valence-electron chi connectivity index (χ1n) is 12.4. The molecule has 1 amide bonds. The number of nitrogens with zero attached hydrogens (tertiary/aromatic N) is 5. The third kappa shape index (κ3) is 15.2. The van der Waals surface area contributed by atoms with Crippen LogP contribution in [0.25, 0.3) is 10.4 Å². The van der Waals surface area contributed by atoms with Crippen LogP contribution in [0, 0.1) is 0 Å². The van der Waals surface area contributed by atoms with E-state index in [1.165, 1.54) is 27.8 Å². The predicted molar refractivity (Wildman–Crippen MR) is 138 cm³/mol. The summed E-state index contributed by atoms with van der Waals surface area (Å²) in [5.74, 6) is -0.556. The number of aromatic nitrogens is 1. The average molecular weight is 542 g/mol. The van der Waals surface area contributed by atoms with E-state index in [0.29, 0.717) is 51.9 Å². The van der Waals surface area contributed by atoms with E-state index in [9.17, 15) is 14.4 Å². The van der Waals surface area contributed by atoms with Gasteiger partial charge in [0.05, 0.1) is 71.7 Å². The first-order valence-corrected chi connectivity index (χ1v) is 12.4. The molecule has 0 aliphatic carbocycles. The summed E-state index contributed by atoms with van der Waals surface area (Å²) in [4.78, 5) is 40.9. The van der Waals surface area contributed by atoms with Gasteiger partial charge in [0.15, 0.2) is 0 Å². The maximum absolute atomic E-state index is 12.9. The molecule has 0 bridgehead atoms. The van der Waals surface area contributed by atoms with Gasteiger partial charge in [-0.2, -0.15) is 0 Å². The van der Waals surface area contributed by atoms with Gasteiger partial charge in [0.1, 0.15) is 12.1 Å². The standard InChI is InChI=1S/C24H39N5O9/c1-5-37-22(31)19-28-18-20(6-7-21(28)30)29(23(32)38-24(2,3)4)9-11-34-13-15-36-17-16-35-14-12-33-10-8-26-27-25/h6-7,18H,5,8-17,19H2,1-4H3. The quantitative estimate of drug-likeness (QED) is 0.0841. The molecule has 0 unspecified atom stereocenters. The van der Waals surface area contributed by atoms with Crippen LogP contribution in [-0.4, -0.2) is 94.8 Å². The molecule has 0 aliphatic rings. The lowest BCUT2D eigenvalue weighted by molar-refractivity contribution is -0.143. The number of amides is 1. The lowest BCUT2D eigenvalue weighted by Crippen LogP contribution is -2.39.